The summed E-state index contributed by atoms with van der Waals surface area (Å²) >= 11 is 0. The minimum Gasteiger partial charge on any atom is -0.464 e. The normalized spacial score (nSPS) is 10.2. The predicted molar refractivity (Wildman–Crippen MR) is 46.3 cm³/mol. The molecule has 2 rings (SSSR count). The van der Waals surface area contributed by atoms with E-state index in [-0.39, 0.29) is 5.97 Å². The van der Waals surface area contributed by atoms with Crippen molar-refractivity contribution in [3.8, 4) is 0 Å². The quantitative estimate of drug-likeness (QED) is 0.661. The van der Waals surface area contributed by atoms with E-state index in [2.05, 4.69) is 20.9 Å². The molecule has 65 valence electrons. The van der Waals surface area contributed by atoms with Crippen LogP contribution >= 0.6 is 0 Å². The summed E-state index contributed by atoms with van der Waals surface area (Å²) in [5, 5.41) is 0.899. The van der Waals surface area contributed by atoms with Crippen LogP contribution in [0.5, 0.6) is 0 Å². The molecule has 0 spiro atoms. The summed E-state index contributed by atoms with van der Waals surface area (Å²) in [6.45, 7) is 0. The molecule has 13 heavy (non-hydrogen) atoms. The van der Waals surface area contributed by atoms with Crippen LogP contribution in [0.1, 0.15) is 10.5 Å². The van der Waals surface area contributed by atoms with Gasteiger partial charge in [0.1, 0.15) is 11.9 Å². The van der Waals surface area contributed by atoms with Crippen LogP contribution in [0.15, 0.2) is 18.3 Å². The van der Waals surface area contributed by atoms with E-state index >= 15 is 0 Å². The second-order valence-corrected chi connectivity index (χ2v) is 2.56. The van der Waals surface area contributed by atoms with Crippen LogP contribution < -0.4 is 0 Å². The van der Waals surface area contributed by atoms with Gasteiger partial charge in [0.25, 0.3) is 0 Å². The molecular weight excluding hydrogens is 168 g/mol. The molecule has 0 bridgehead atoms. The number of aromatic amines is 1. The minimum absolute atomic E-state index is 0.385. The summed E-state index contributed by atoms with van der Waals surface area (Å²) in [6.07, 6.45) is 4.36. The number of aromatic nitrogens is 2. The number of nitrogens with zero attached hydrogens (tertiary/aromatic N) is 1. The van der Waals surface area contributed by atoms with Crippen LogP contribution in [0.25, 0.3) is 10.9 Å². The third kappa shape index (κ3) is 1.26. The Labute approximate surface area is 74.5 Å². The van der Waals surface area contributed by atoms with Crippen LogP contribution in [0, 0.1) is 6.20 Å². The Kier molecular flexibility index (Phi) is 1.73. The lowest BCUT2D eigenvalue weighted by Gasteiger charge is -1.91. The summed E-state index contributed by atoms with van der Waals surface area (Å²) < 4.78 is 4.56. The fourth-order valence-electron chi connectivity index (χ4n) is 1.13. The molecule has 4 nitrogen and oxygen atoms in total. The second kappa shape index (κ2) is 2.90. The Hall–Kier alpha value is -1.84. The average molecular weight is 175 g/mol. The molecule has 0 aliphatic carbocycles. The van der Waals surface area contributed by atoms with Crippen molar-refractivity contribution in [2.45, 2.75) is 0 Å². The maximum atomic E-state index is 11.1. The van der Waals surface area contributed by atoms with Crippen molar-refractivity contribution < 1.29 is 9.53 Å². The molecule has 0 aromatic carbocycles. The van der Waals surface area contributed by atoms with Gasteiger partial charge in [-0.1, -0.05) is 0 Å². The summed E-state index contributed by atoms with van der Waals surface area (Å²) in [4.78, 5) is 17.8. The van der Waals surface area contributed by atoms with Crippen molar-refractivity contribution in [1.29, 1.82) is 0 Å². The molecular formula is C9H7N2O2. The van der Waals surface area contributed by atoms with Crippen LogP contribution in [0.3, 0.4) is 0 Å². The molecule has 0 aliphatic rings. The first-order valence-corrected chi connectivity index (χ1v) is 3.75. The molecule has 2 aromatic rings. The van der Waals surface area contributed by atoms with Crippen molar-refractivity contribution in [1.82, 2.24) is 9.97 Å². The number of pyridine rings is 1. The van der Waals surface area contributed by atoms with Gasteiger partial charge < -0.3 is 9.72 Å². The molecule has 0 atom stereocenters. The van der Waals surface area contributed by atoms with E-state index in [4.69, 9.17) is 0 Å². The Balaban J connectivity index is 2.56. The lowest BCUT2D eigenvalue weighted by molar-refractivity contribution is 0.0595. The van der Waals surface area contributed by atoms with Crippen LogP contribution in [0.4, 0.5) is 0 Å². The molecule has 4 heteroatoms. The van der Waals surface area contributed by atoms with E-state index in [1.807, 2.05) is 0 Å². The number of carbonyl (C=O) groups is 1. The fourth-order valence-corrected chi connectivity index (χ4v) is 1.13. The van der Waals surface area contributed by atoms with Crippen LogP contribution in [-0.2, 0) is 4.74 Å². The minimum atomic E-state index is -0.385. The first-order chi connectivity index (χ1) is 6.31. The van der Waals surface area contributed by atoms with E-state index in [0.717, 1.165) is 5.39 Å². The van der Waals surface area contributed by atoms with Crippen molar-refractivity contribution in [3.63, 3.8) is 0 Å². The number of rotatable bonds is 1. The highest BCUT2D eigenvalue weighted by atomic mass is 16.5. The van der Waals surface area contributed by atoms with E-state index in [9.17, 15) is 4.79 Å². The lowest BCUT2D eigenvalue weighted by atomic mass is 10.3. The molecule has 0 aliphatic heterocycles. The highest BCUT2D eigenvalue weighted by Crippen LogP contribution is 2.13. The number of nitrogens with one attached hydrogen (secondary N) is 1. The van der Waals surface area contributed by atoms with E-state index in [1.54, 1.807) is 18.3 Å². The number of hydrogen-bond acceptors (Lipinski definition) is 3. The first kappa shape index (κ1) is 7.79. The van der Waals surface area contributed by atoms with Gasteiger partial charge in [0, 0.05) is 11.6 Å². The maximum absolute atomic E-state index is 11.1. The van der Waals surface area contributed by atoms with Gasteiger partial charge in [-0.2, -0.15) is 0 Å². The van der Waals surface area contributed by atoms with E-state index in [0.29, 0.717) is 11.2 Å². The molecule has 0 saturated heterocycles. The van der Waals surface area contributed by atoms with Gasteiger partial charge >= 0.3 is 5.97 Å². The highest BCUT2D eigenvalue weighted by molar-refractivity contribution is 5.94. The van der Waals surface area contributed by atoms with Crippen molar-refractivity contribution in [3.05, 3.63) is 30.2 Å². The summed E-state index contributed by atoms with van der Waals surface area (Å²) in [7, 11) is 1.34. The molecule has 0 amide bonds. The molecule has 2 aromatic heterocycles. The third-order valence-electron chi connectivity index (χ3n) is 1.76. The molecule has 0 saturated carbocycles. The standard InChI is InChI=1S/C9H7N2O2/c1-13-9(12)7-4-6-2-3-10-5-8(6)11-7/h2-4,11H,1H3. The number of ether oxygens (including phenoxy) is 1. The number of esters is 1. The molecule has 1 N–H and O–H groups in total. The number of fused-ring (bicyclic) bond motifs is 1. The Morgan fingerprint density at radius 2 is 2.54 bits per heavy atom. The van der Waals surface area contributed by atoms with Crippen molar-refractivity contribution in [2.75, 3.05) is 7.11 Å². The summed E-state index contributed by atoms with van der Waals surface area (Å²) in [6, 6.07) is 3.51. The van der Waals surface area contributed by atoms with Gasteiger partial charge in [-0.15, -0.1) is 0 Å². The largest absolute Gasteiger partial charge is 0.464 e. The average Bonchev–Trinajstić information content (AvgIpc) is 2.59. The zero-order valence-corrected chi connectivity index (χ0v) is 7.00. The summed E-state index contributed by atoms with van der Waals surface area (Å²) in [5.74, 6) is -0.385. The first-order valence-electron chi connectivity index (χ1n) is 3.75. The van der Waals surface area contributed by atoms with Crippen LogP contribution in [-0.4, -0.2) is 23.0 Å². The van der Waals surface area contributed by atoms with Gasteiger partial charge in [0.05, 0.1) is 12.6 Å². The van der Waals surface area contributed by atoms with Crippen LogP contribution in [0.2, 0.25) is 0 Å². The fraction of sp³-hybridized carbons (Fsp3) is 0.111. The SMILES string of the molecule is COC(=O)c1cc2ccn[c]c2[nH]1. The van der Waals surface area contributed by atoms with E-state index in [1.165, 1.54) is 7.11 Å². The Morgan fingerprint density at radius 3 is 3.23 bits per heavy atom. The van der Waals surface area contributed by atoms with Gasteiger partial charge in [-0.25, -0.2) is 4.79 Å². The Morgan fingerprint density at radius 1 is 1.69 bits per heavy atom. The monoisotopic (exact) mass is 175 g/mol. The zero-order chi connectivity index (χ0) is 9.26. The zero-order valence-electron chi connectivity index (χ0n) is 7.00. The van der Waals surface area contributed by atoms with Gasteiger partial charge in [0.2, 0.25) is 0 Å². The number of carbonyl (C=O) groups excluding carboxylic acids is 1. The van der Waals surface area contributed by atoms with Gasteiger partial charge in [-0.3, -0.25) is 4.98 Å². The molecule has 1 radical (unpaired) electrons. The van der Waals surface area contributed by atoms with Gasteiger partial charge in [0.15, 0.2) is 0 Å². The smallest absolute Gasteiger partial charge is 0.354 e. The molecule has 0 fully saturated rings. The second-order valence-electron chi connectivity index (χ2n) is 2.56. The van der Waals surface area contributed by atoms with E-state index < -0.39 is 0 Å². The van der Waals surface area contributed by atoms with Gasteiger partial charge in [-0.05, 0) is 12.1 Å². The van der Waals surface area contributed by atoms with Crippen molar-refractivity contribution >= 4 is 16.9 Å². The maximum Gasteiger partial charge on any atom is 0.354 e. The third-order valence-corrected chi connectivity index (χ3v) is 1.76. The Bertz CT molecular complexity index is 415. The number of methoxy groups -OCH3 is 1. The highest BCUT2D eigenvalue weighted by Gasteiger charge is 2.08. The number of hydrogen-bond donors (Lipinski definition) is 1. The summed E-state index contributed by atoms with van der Waals surface area (Å²) in [5.41, 5.74) is 1.13. The lowest BCUT2D eigenvalue weighted by Crippen LogP contribution is -2.00. The topological polar surface area (TPSA) is 55.0 Å². The molecule has 2 heterocycles. The number of H-pyrrole nitrogens is 1. The van der Waals surface area contributed by atoms with Crippen molar-refractivity contribution in [2.24, 2.45) is 0 Å². The predicted octanol–water partition coefficient (Wildman–Crippen LogP) is 1.15. The molecule has 0 unspecified atom stereocenters.